The first-order chi connectivity index (χ1) is 10.6. The lowest BCUT2D eigenvalue weighted by Crippen LogP contribution is -2.43. The van der Waals surface area contributed by atoms with Gasteiger partial charge in [-0.2, -0.15) is 0 Å². The van der Waals surface area contributed by atoms with Crippen molar-refractivity contribution in [3.05, 3.63) is 35.4 Å². The minimum Gasteiger partial charge on any atom is -0.383 e. The van der Waals surface area contributed by atoms with Crippen LogP contribution in [0.2, 0.25) is 0 Å². The molecule has 2 unspecified atom stereocenters. The van der Waals surface area contributed by atoms with Crippen LogP contribution in [0.5, 0.6) is 0 Å². The minimum absolute atomic E-state index is 0.172. The molecule has 22 heavy (non-hydrogen) atoms. The number of fused-ring (bicyclic) bond motifs is 1. The molecule has 0 amide bonds. The number of rotatable bonds is 6. The minimum atomic E-state index is 0.172. The predicted molar refractivity (Wildman–Crippen MR) is 91.0 cm³/mol. The standard InChI is InChI=1S/C17H28N4O/c1-13(12-22-3)20-17(18)19-10-14(2)21-9-8-15-6-4-5-7-16(15)11-21/h4-7,13-14H,8-12H2,1-3H3,(H3,18,19,20). The third kappa shape index (κ3) is 4.71. The molecule has 122 valence electrons. The van der Waals surface area contributed by atoms with E-state index in [0.717, 1.165) is 19.5 Å². The van der Waals surface area contributed by atoms with Gasteiger partial charge in [0.15, 0.2) is 5.96 Å². The Labute approximate surface area is 133 Å². The summed E-state index contributed by atoms with van der Waals surface area (Å²) < 4.78 is 5.08. The number of aliphatic imine (C=N–C) groups is 1. The van der Waals surface area contributed by atoms with Crippen LogP contribution in [0.1, 0.15) is 25.0 Å². The average Bonchev–Trinajstić information content (AvgIpc) is 2.52. The van der Waals surface area contributed by atoms with E-state index < -0.39 is 0 Å². The Morgan fingerprint density at radius 3 is 2.82 bits per heavy atom. The Morgan fingerprint density at radius 2 is 2.09 bits per heavy atom. The molecule has 0 fully saturated rings. The number of nitrogens with zero attached hydrogens (tertiary/aromatic N) is 2. The zero-order valence-corrected chi connectivity index (χ0v) is 13.9. The summed E-state index contributed by atoms with van der Waals surface area (Å²) in [5.74, 6) is 0.494. The number of ether oxygens (including phenoxy) is 1. The molecule has 0 saturated carbocycles. The highest BCUT2D eigenvalue weighted by Crippen LogP contribution is 2.20. The summed E-state index contributed by atoms with van der Waals surface area (Å²) in [6.45, 7) is 7.65. The van der Waals surface area contributed by atoms with E-state index in [1.54, 1.807) is 7.11 Å². The maximum absolute atomic E-state index is 5.92. The summed E-state index contributed by atoms with van der Waals surface area (Å²) in [5.41, 5.74) is 8.83. The molecule has 1 aromatic carbocycles. The topological polar surface area (TPSA) is 62.9 Å². The molecule has 5 heteroatoms. The first-order valence-corrected chi connectivity index (χ1v) is 7.96. The molecule has 5 nitrogen and oxygen atoms in total. The maximum Gasteiger partial charge on any atom is 0.188 e. The van der Waals surface area contributed by atoms with Crippen molar-refractivity contribution in [3.63, 3.8) is 0 Å². The van der Waals surface area contributed by atoms with Crippen molar-refractivity contribution in [2.45, 2.75) is 38.9 Å². The van der Waals surface area contributed by atoms with Crippen LogP contribution >= 0.6 is 0 Å². The second-order valence-corrected chi connectivity index (χ2v) is 6.06. The van der Waals surface area contributed by atoms with E-state index in [1.165, 1.54) is 11.1 Å². The smallest absolute Gasteiger partial charge is 0.188 e. The Morgan fingerprint density at radius 1 is 1.36 bits per heavy atom. The third-order valence-electron chi connectivity index (χ3n) is 4.12. The number of hydrogen-bond acceptors (Lipinski definition) is 3. The van der Waals surface area contributed by atoms with E-state index in [-0.39, 0.29) is 6.04 Å². The summed E-state index contributed by atoms with van der Waals surface area (Å²) in [7, 11) is 1.68. The fourth-order valence-electron chi connectivity index (χ4n) is 2.83. The van der Waals surface area contributed by atoms with Crippen LogP contribution in [-0.4, -0.2) is 49.7 Å². The van der Waals surface area contributed by atoms with Crippen LogP contribution in [0.25, 0.3) is 0 Å². The Hall–Kier alpha value is -1.59. The maximum atomic E-state index is 5.92. The summed E-state index contributed by atoms with van der Waals surface area (Å²) in [6.07, 6.45) is 1.11. The van der Waals surface area contributed by atoms with E-state index in [9.17, 15) is 0 Å². The molecule has 0 radical (unpaired) electrons. The number of methoxy groups -OCH3 is 1. The molecule has 1 heterocycles. The highest BCUT2D eigenvalue weighted by atomic mass is 16.5. The SMILES string of the molecule is COCC(C)NC(N)=NCC(C)N1CCc2ccccc2C1. The zero-order valence-electron chi connectivity index (χ0n) is 13.9. The van der Waals surface area contributed by atoms with Crippen LogP contribution in [-0.2, 0) is 17.7 Å². The highest BCUT2D eigenvalue weighted by Gasteiger charge is 2.20. The van der Waals surface area contributed by atoms with Gasteiger partial charge in [-0.15, -0.1) is 0 Å². The average molecular weight is 304 g/mol. The molecule has 2 rings (SSSR count). The van der Waals surface area contributed by atoms with E-state index >= 15 is 0 Å². The molecule has 0 saturated heterocycles. The van der Waals surface area contributed by atoms with Gasteiger partial charge in [0.05, 0.1) is 13.2 Å². The molecule has 1 aliphatic heterocycles. The number of benzene rings is 1. The third-order valence-corrected chi connectivity index (χ3v) is 4.12. The van der Waals surface area contributed by atoms with E-state index in [0.29, 0.717) is 25.2 Å². The lowest BCUT2D eigenvalue weighted by atomic mass is 9.99. The zero-order chi connectivity index (χ0) is 15.9. The Kier molecular flexibility index (Phi) is 6.21. The quantitative estimate of drug-likeness (QED) is 0.615. The molecule has 0 aliphatic carbocycles. The van der Waals surface area contributed by atoms with Crippen molar-refractivity contribution < 1.29 is 4.74 Å². The van der Waals surface area contributed by atoms with Gasteiger partial charge >= 0.3 is 0 Å². The number of guanidine groups is 1. The van der Waals surface area contributed by atoms with Crippen molar-refractivity contribution in [2.75, 3.05) is 26.8 Å². The molecule has 2 atom stereocenters. The van der Waals surface area contributed by atoms with Gasteiger partial charge in [-0.3, -0.25) is 9.89 Å². The van der Waals surface area contributed by atoms with Gasteiger partial charge < -0.3 is 15.8 Å². The number of hydrogen-bond donors (Lipinski definition) is 2. The van der Waals surface area contributed by atoms with Crippen molar-refractivity contribution >= 4 is 5.96 Å². The molecular weight excluding hydrogens is 276 g/mol. The number of nitrogens with two attached hydrogens (primary N) is 1. The molecular formula is C17H28N4O. The summed E-state index contributed by atoms with van der Waals surface area (Å²) in [6, 6.07) is 9.24. The van der Waals surface area contributed by atoms with Gasteiger partial charge in [-0.05, 0) is 31.4 Å². The molecule has 0 aromatic heterocycles. The van der Waals surface area contributed by atoms with Crippen molar-refractivity contribution in [1.29, 1.82) is 0 Å². The predicted octanol–water partition coefficient (Wildman–Crippen LogP) is 1.37. The van der Waals surface area contributed by atoms with Gasteiger partial charge in [0, 0.05) is 32.3 Å². The van der Waals surface area contributed by atoms with Gasteiger partial charge in [-0.1, -0.05) is 24.3 Å². The Balaban J connectivity index is 1.84. The first kappa shape index (κ1) is 16.8. The first-order valence-electron chi connectivity index (χ1n) is 7.96. The van der Waals surface area contributed by atoms with Crippen LogP contribution in [0, 0.1) is 0 Å². The van der Waals surface area contributed by atoms with Gasteiger partial charge in [0.25, 0.3) is 0 Å². The lowest BCUT2D eigenvalue weighted by molar-refractivity contribution is 0.179. The van der Waals surface area contributed by atoms with Gasteiger partial charge in [0.1, 0.15) is 0 Å². The van der Waals surface area contributed by atoms with Gasteiger partial charge in [-0.25, -0.2) is 0 Å². The monoisotopic (exact) mass is 304 g/mol. The lowest BCUT2D eigenvalue weighted by Gasteiger charge is -2.33. The second-order valence-electron chi connectivity index (χ2n) is 6.06. The summed E-state index contributed by atoms with van der Waals surface area (Å²) in [4.78, 5) is 6.93. The summed E-state index contributed by atoms with van der Waals surface area (Å²) >= 11 is 0. The van der Waals surface area contributed by atoms with Crippen LogP contribution < -0.4 is 11.1 Å². The second kappa shape index (κ2) is 8.15. The molecule has 0 spiro atoms. The van der Waals surface area contributed by atoms with Gasteiger partial charge in [0.2, 0.25) is 0 Å². The fourth-order valence-corrected chi connectivity index (χ4v) is 2.83. The normalized spacial score (nSPS) is 18.6. The van der Waals surface area contributed by atoms with E-state index in [1.807, 2.05) is 6.92 Å². The molecule has 0 bridgehead atoms. The molecule has 3 N–H and O–H groups in total. The van der Waals surface area contributed by atoms with Crippen molar-refractivity contribution in [1.82, 2.24) is 10.2 Å². The highest BCUT2D eigenvalue weighted by molar-refractivity contribution is 5.78. The number of nitrogens with one attached hydrogen (secondary N) is 1. The summed E-state index contributed by atoms with van der Waals surface area (Å²) in [5, 5.41) is 3.14. The molecule has 1 aromatic rings. The van der Waals surface area contributed by atoms with Crippen LogP contribution in [0.3, 0.4) is 0 Å². The largest absolute Gasteiger partial charge is 0.383 e. The molecule has 1 aliphatic rings. The Bertz CT molecular complexity index is 503. The van der Waals surface area contributed by atoms with E-state index in [4.69, 9.17) is 10.5 Å². The van der Waals surface area contributed by atoms with Crippen molar-refractivity contribution in [2.24, 2.45) is 10.7 Å². The van der Waals surface area contributed by atoms with Crippen molar-refractivity contribution in [3.8, 4) is 0 Å². The van der Waals surface area contributed by atoms with Crippen LogP contribution in [0.4, 0.5) is 0 Å². The van der Waals surface area contributed by atoms with E-state index in [2.05, 4.69) is 46.4 Å². The van der Waals surface area contributed by atoms with Crippen LogP contribution in [0.15, 0.2) is 29.3 Å². The fraction of sp³-hybridized carbons (Fsp3) is 0.588.